The average Bonchev–Trinajstić information content (AvgIpc) is 2.91. The minimum Gasteiger partial charge on any atom is -0.490 e. The summed E-state index contributed by atoms with van der Waals surface area (Å²) < 4.78 is 10.8. The lowest BCUT2D eigenvalue weighted by atomic mass is 10.1. The highest BCUT2D eigenvalue weighted by atomic mass is 16.5. The van der Waals surface area contributed by atoms with E-state index in [1.807, 2.05) is 5.32 Å². The molecule has 27 heavy (non-hydrogen) atoms. The van der Waals surface area contributed by atoms with Gasteiger partial charge in [-0.15, -0.1) is 0 Å². The van der Waals surface area contributed by atoms with Gasteiger partial charge in [-0.2, -0.15) is 0 Å². The van der Waals surface area contributed by atoms with E-state index in [2.05, 4.69) is 0 Å². The van der Waals surface area contributed by atoms with E-state index in [4.69, 9.17) is 15.2 Å². The molecule has 0 bridgehead atoms. The molecule has 1 aromatic carbocycles. The number of imide groups is 2. The van der Waals surface area contributed by atoms with Gasteiger partial charge in [-0.3, -0.25) is 29.4 Å². The molecule has 0 fully saturated rings. The molecule has 1 atom stereocenters. The standard InChI is InChI=1S/C18H23N3O6/c1-12(5-6-15(23)20-11-22)21-17(24)13-3-2-4-14(16(13)18(21)25)27-10-9-26-8-7-19/h2-4,11-12H,5-10,19H2,1H3,(H,20,22,23). The molecule has 0 saturated carbocycles. The van der Waals surface area contributed by atoms with Crippen molar-refractivity contribution in [3.63, 3.8) is 0 Å². The number of hydrogen-bond donors (Lipinski definition) is 2. The number of hydrogen-bond acceptors (Lipinski definition) is 7. The molecule has 2 rings (SSSR count). The molecule has 0 aliphatic carbocycles. The summed E-state index contributed by atoms with van der Waals surface area (Å²) in [6.45, 7) is 3.04. The molecule has 1 aliphatic rings. The van der Waals surface area contributed by atoms with Gasteiger partial charge in [-0.25, -0.2) is 0 Å². The minimum atomic E-state index is -0.504. The molecule has 3 N–H and O–H groups in total. The van der Waals surface area contributed by atoms with Crippen molar-refractivity contribution < 1.29 is 28.7 Å². The van der Waals surface area contributed by atoms with Crippen LogP contribution in [0.15, 0.2) is 18.2 Å². The second-order valence-electron chi connectivity index (χ2n) is 5.98. The van der Waals surface area contributed by atoms with Gasteiger partial charge in [-0.05, 0) is 25.5 Å². The molecule has 1 heterocycles. The van der Waals surface area contributed by atoms with Crippen LogP contribution in [0.4, 0.5) is 0 Å². The van der Waals surface area contributed by atoms with Crippen LogP contribution in [0.1, 0.15) is 40.5 Å². The number of amides is 4. The molecule has 1 unspecified atom stereocenters. The fourth-order valence-corrected chi connectivity index (χ4v) is 2.80. The first-order chi connectivity index (χ1) is 13.0. The van der Waals surface area contributed by atoms with Gasteiger partial charge in [0.25, 0.3) is 11.8 Å². The van der Waals surface area contributed by atoms with E-state index in [9.17, 15) is 19.2 Å². The van der Waals surface area contributed by atoms with E-state index in [-0.39, 0.29) is 30.6 Å². The summed E-state index contributed by atoms with van der Waals surface area (Å²) in [6.07, 6.45) is 0.569. The Labute approximate surface area is 156 Å². The summed E-state index contributed by atoms with van der Waals surface area (Å²) in [5.41, 5.74) is 5.82. The predicted molar refractivity (Wildman–Crippen MR) is 95.2 cm³/mol. The molecule has 146 valence electrons. The summed E-state index contributed by atoms with van der Waals surface area (Å²) in [5, 5.41) is 2.03. The Bertz CT molecular complexity index is 721. The third-order valence-corrected chi connectivity index (χ3v) is 4.11. The van der Waals surface area contributed by atoms with Gasteiger partial charge in [0.15, 0.2) is 0 Å². The van der Waals surface area contributed by atoms with Crippen LogP contribution in [0.5, 0.6) is 5.75 Å². The first-order valence-corrected chi connectivity index (χ1v) is 8.65. The number of nitrogens with zero attached hydrogens (tertiary/aromatic N) is 1. The largest absolute Gasteiger partial charge is 0.490 e. The highest BCUT2D eigenvalue weighted by molar-refractivity contribution is 6.22. The van der Waals surface area contributed by atoms with Gasteiger partial charge in [0.2, 0.25) is 12.3 Å². The van der Waals surface area contributed by atoms with Crippen molar-refractivity contribution in [2.45, 2.75) is 25.8 Å². The normalized spacial score (nSPS) is 14.1. The van der Waals surface area contributed by atoms with E-state index in [0.717, 1.165) is 4.90 Å². The number of benzene rings is 1. The van der Waals surface area contributed by atoms with E-state index in [1.54, 1.807) is 25.1 Å². The van der Waals surface area contributed by atoms with Crippen LogP contribution in [-0.4, -0.2) is 61.4 Å². The van der Waals surface area contributed by atoms with Crippen molar-refractivity contribution in [3.8, 4) is 5.75 Å². The first-order valence-electron chi connectivity index (χ1n) is 8.65. The van der Waals surface area contributed by atoms with E-state index in [0.29, 0.717) is 31.9 Å². The fraction of sp³-hybridized carbons (Fsp3) is 0.444. The molecule has 0 spiro atoms. The first kappa shape index (κ1) is 20.5. The number of rotatable bonds is 11. The second kappa shape index (κ2) is 9.79. The van der Waals surface area contributed by atoms with Gasteiger partial charge in [0.05, 0.1) is 24.3 Å². The zero-order valence-electron chi connectivity index (χ0n) is 15.1. The predicted octanol–water partition coefficient (Wildman–Crippen LogP) is 0.0780. The minimum absolute atomic E-state index is 0.0230. The Balaban J connectivity index is 2.06. The van der Waals surface area contributed by atoms with Crippen LogP contribution < -0.4 is 15.8 Å². The lowest BCUT2D eigenvalue weighted by Gasteiger charge is -2.22. The summed E-state index contributed by atoms with van der Waals surface area (Å²) in [6, 6.07) is 4.33. The number of carbonyl (C=O) groups is 4. The molecule has 1 aromatic rings. The zero-order valence-corrected chi connectivity index (χ0v) is 15.1. The van der Waals surface area contributed by atoms with Crippen LogP contribution in [0, 0.1) is 0 Å². The van der Waals surface area contributed by atoms with E-state index in [1.165, 1.54) is 0 Å². The van der Waals surface area contributed by atoms with Crippen molar-refractivity contribution in [2.24, 2.45) is 5.73 Å². The van der Waals surface area contributed by atoms with Crippen LogP contribution in [0.2, 0.25) is 0 Å². The summed E-state index contributed by atoms with van der Waals surface area (Å²) in [7, 11) is 0. The van der Waals surface area contributed by atoms with Crippen LogP contribution in [0.25, 0.3) is 0 Å². The summed E-state index contributed by atoms with van der Waals surface area (Å²) in [4.78, 5) is 48.2. The topological polar surface area (TPSA) is 128 Å². The summed E-state index contributed by atoms with van der Waals surface area (Å²) in [5.74, 6) is -1.04. The zero-order chi connectivity index (χ0) is 19.8. The average molecular weight is 377 g/mol. The number of carbonyl (C=O) groups excluding carboxylic acids is 4. The Morgan fingerprint density at radius 3 is 2.74 bits per heavy atom. The molecule has 9 nitrogen and oxygen atoms in total. The molecular formula is C18H23N3O6. The Morgan fingerprint density at radius 2 is 2.04 bits per heavy atom. The van der Waals surface area contributed by atoms with Crippen molar-refractivity contribution in [3.05, 3.63) is 29.3 Å². The van der Waals surface area contributed by atoms with Crippen LogP contribution in [0.3, 0.4) is 0 Å². The molecule has 4 amide bonds. The smallest absolute Gasteiger partial charge is 0.265 e. The number of fused-ring (bicyclic) bond motifs is 1. The maximum atomic E-state index is 12.8. The lowest BCUT2D eigenvalue weighted by Crippen LogP contribution is -2.38. The summed E-state index contributed by atoms with van der Waals surface area (Å²) >= 11 is 0. The van der Waals surface area contributed by atoms with Crippen LogP contribution >= 0.6 is 0 Å². The van der Waals surface area contributed by atoms with Gasteiger partial charge in [0, 0.05) is 19.0 Å². The quantitative estimate of drug-likeness (QED) is 0.317. The van der Waals surface area contributed by atoms with Crippen molar-refractivity contribution >= 4 is 24.1 Å². The Morgan fingerprint density at radius 1 is 1.26 bits per heavy atom. The highest BCUT2D eigenvalue weighted by Crippen LogP contribution is 2.32. The van der Waals surface area contributed by atoms with Gasteiger partial charge >= 0.3 is 0 Å². The second-order valence-corrected chi connectivity index (χ2v) is 5.98. The Hall–Kier alpha value is -2.78. The SMILES string of the molecule is CC(CCC(=O)NC=O)N1C(=O)c2cccc(OCCOCCN)c2C1=O. The van der Waals surface area contributed by atoms with Crippen molar-refractivity contribution in [2.75, 3.05) is 26.4 Å². The monoisotopic (exact) mass is 377 g/mol. The number of nitrogens with two attached hydrogens (primary N) is 1. The number of ether oxygens (including phenoxy) is 2. The van der Waals surface area contributed by atoms with Gasteiger partial charge < -0.3 is 15.2 Å². The molecule has 0 aromatic heterocycles. The van der Waals surface area contributed by atoms with E-state index < -0.39 is 23.8 Å². The van der Waals surface area contributed by atoms with Crippen molar-refractivity contribution in [1.82, 2.24) is 10.2 Å². The maximum absolute atomic E-state index is 12.8. The maximum Gasteiger partial charge on any atom is 0.265 e. The number of nitrogens with one attached hydrogen (secondary N) is 1. The Kier molecular flexibility index (Phi) is 7.44. The van der Waals surface area contributed by atoms with Gasteiger partial charge in [0.1, 0.15) is 12.4 Å². The molecule has 0 radical (unpaired) electrons. The van der Waals surface area contributed by atoms with Crippen LogP contribution in [-0.2, 0) is 14.3 Å². The molecular weight excluding hydrogens is 354 g/mol. The fourth-order valence-electron chi connectivity index (χ4n) is 2.80. The van der Waals surface area contributed by atoms with Gasteiger partial charge in [-0.1, -0.05) is 6.07 Å². The highest BCUT2D eigenvalue weighted by Gasteiger charge is 2.40. The molecule has 9 heteroatoms. The lowest BCUT2D eigenvalue weighted by molar-refractivity contribution is -0.125. The third-order valence-electron chi connectivity index (χ3n) is 4.11. The van der Waals surface area contributed by atoms with E-state index >= 15 is 0 Å². The third kappa shape index (κ3) is 4.89. The molecule has 1 aliphatic heterocycles. The van der Waals surface area contributed by atoms with Crippen molar-refractivity contribution in [1.29, 1.82) is 0 Å². The molecule has 0 saturated heterocycles.